The molecule has 5 rings (SSSR count). The number of nitrogens with one attached hydrogen (secondary N) is 2. The van der Waals surface area contributed by atoms with Crippen LogP contribution in [0.3, 0.4) is 0 Å². The van der Waals surface area contributed by atoms with Gasteiger partial charge >= 0.3 is 12.3 Å². The molecule has 238 valence electrons. The third-order valence-corrected chi connectivity index (χ3v) is 8.41. The molecule has 3 aliphatic rings. The van der Waals surface area contributed by atoms with Gasteiger partial charge in [0.1, 0.15) is 5.82 Å². The molecule has 2 unspecified atom stereocenters. The van der Waals surface area contributed by atoms with Crippen LogP contribution in [-0.4, -0.2) is 90.9 Å². The average molecular weight is 622 g/mol. The Balaban J connectivity index is 1.50. The van der Waals surface area contributed by atoms with Crippen molar-refractivity contribution >= 4 is 28.9 Å². The highest BCUT2D eigenvalue weighted by Crippen LogP contribution is 2.37. The summed E-state index contributed by atoms with van der Waals surface area (Å²) < 4.78 is 67.9. The highest BCUT2D eigenvalue weighted by molar-refractivity contribution is 6.07. The zero-order valence-corrected chi connectivity index (χ0v) is 24.9. The lowest BCUT2D eigenvalue weighted by molar-refractivity contribution is -0.171. The summed E-state index contributed by atoms with van der Waals surface area (Å²) in [6.45, 7) is 7.64. The molecular formula is C30H35F4N5O5. The van der Waals surface area contributed by atoms with Gasteiger partial charge in [-0.15, -0.1) is 0 Å². The first-order chi connectivity index (χ1) is 20.6. The lowest BCUT2D eigenvalue weighted by atomic mass is 9.98. The van der Waals surface area contributed by atoms with E-state index >= 15 is 4.39 Å². The van der Waals surface area contributed by atoms with Gasteiger partial charge in [0.25, 0.3) is 5.91 Å². The largest absolute Gasteiger partial charge is 0.438 e. The van der Waals surface area contributed by atoms with Crippen LogP contribution in [0.2, 0.25) is 0 Å². The van der Waals surface area contributed by atoms with Crippen LogP contribution in [-0.2, 0) is 15.7 Å². The van der Waals surface area contributed by atoms with E-state index in [1.807, 2.05) is 25.8 Å². The van der Waals surface area contributed by atoms with Crippen LogP contribution in [0.15, 0.2) is 35.3 Å². The number of nitrogens with zero attached hydrogens (tertiary/aromatic N) is 3. The lowest BCUT2D eigenvalue weighted by Crippen LogP contribution is -2.55. The predicted octanol–water partition coefficient (Wildman–Crippen LogP) is 4.33. The molecule has 2 saturated heterocycles. The van der Waals surface area contributed by atoms with Gasteiger partial charge in [-0.25, -0.2) is 9.18 Å². The monoisotopic (exact) mass is 621 g/mol. The van der Waals surface area contributed by atoms with E-state index in [9.17, 15) is 27.6 Å². The molecule has 14 heteroatoms. The van der Waals surface area contributed by atoms with E-state index < -0.39 is 46.3 Å². The zero-order valence-electron chi connectivity index (χ0n) is 24.9. The Labute approximate surface area is 251 Å². The topological polar surface area (TPSA) is 107 Å². The maximum absolute atomic E-state index is 15.9. The molecule has 0 aliphatic carbocycles. The van der Waals surface area contributed by atoms with Gasteiger partial charge in [-0.3, -0.25) is 14.5 Å². The number of alkyl halides is 3. The summed E-state index contributed by atoms with van der Waals surface area (Å²) in [6, 6.07) is 3.09. The third kappa shape index (κ3) is 6.46. The smallest absolute Gasteiger partial charge is 0.417 e. The molecule has 0 bridgehead atoms. The van der Waals surface area contributed by atoms with Gasteiger partial charge < -0.3 is 29.6 Å². The first-order valence-electron chi connectivity index (χ1n) is 14.3. The van der Waals surface area contributed by atoms with Crippen molar-refractivity contribution < 1.29 is 36.6 Å². The van der Waals surface area contributed by atoms with Gasteiger partial charge in [0.05, 0.1) is 35.7 Å². The second kappa shape index (κ2) is 11.9. The number of aromatic nitrogens is 1. The first-order valence-corrected chi connectivity index (χ1v) is 14.3. The van der Waals surface area contributed by atoms with Gasteiger partial charge in [0, 0.05) is 56.1 Å². The molecule has 4 heterocycles. The standard InChI is InChI=1S/C30H35F4N5O5/c1-17-12-39(13-18(2)37(17)4)25-10-23(31)20(19-6-5-7-38(14-19)28(42)44-29(3)15-43-16-29)8-24(25)36-27(41)21-11-35-26(40)9-22(21)30(32,33)34/h6,8-11,17-18H,5,7,12-16H2,1-4H3,(H,35,40)(H,36,41). The second-order valence-electron chi connectivity index (χ2n) is 11.9. The number of halogens is 4. The molecule has 1 aromatic carbocycles. The van der Waals surface area contributed by atoms with E-state index in [2.05, 4.69) is 15.2 Å². The van der Waals surface area contributed by atoms with E-state index in [0.717, 1.165) is 0 Å². The molecular weight excluding hydrogens is 586 g/mol. The molecule has 2 N–H and O–H groups in total. The number of carbonyl (C=O) groups is 2. The second-order valence-corrected chi connectivity index (χ2v) is 11.9. The van der Waals surface area contributed by atoms with Crippen molar-refractivity contribution in [2.45, 2.75) is 51.1 Å². The minimum Gasteiger partial charge on any atom is -0.438 e. The summed E-state index contributed by atoms with van der Waals surface area (Å²) in [6.07, 6.45) is -2.62. The Morgan fingerprint density at radius 3 is 2.43 bits per heavy atom. The van der Waals surface area contributed by atoms with E-state index in [4.69, 9.17) is 9.47 Å². The fourth-order valence-corrected chi connectivity index (χ4v) is 5.67. The van der Waals surface area contributed by atoms with Gasteiger partial charge in [0.2, 0.25) is 5.56 Å². The SMILES string of the molecule is CC1CN(c2cc(F)c(C3=CCCN(C(=O)OC4(C)COC4)C3)cc2NC(=O)c2c[nH]c(=O)cc2C(F)(F)F)CC(C)N1C. The van der Waals surface area contributed by atoms with Gasteiger partial charge in [-0.05, 0) is 51.9 Å². The molecule has 10 nitrogen and oxygen atoms in total. The number of H-pyrrole nitrogens is 1. The molecule has 3 aliphatic heterocycles. The molecule has 0 saturated carbocycles. The number of anilines is 2. The third-order valence-electron chi connectivity index (χ3n) is 8.41. The maximum atomic E-state index is 15.9. The van der Waals surface area contributed by atoms with Crippen LogP contribution in [0.1, 0.15) is 48.7 Å². The average Bonchev–Trinajstić information content (AvgIpc) is 2.95. The Hall–Kier alpha value is -3.91. The minimum absolute atomic E-state index is 0.0279. The van der Waals surface area contributed by atoms with Crippen molar-refractivity contribution in [1.29, 1.82) is 0 Å². The van der Waals surface area contributed by atoms with Crippen molar-refractivity contribution in [1.82, 2.24) is 14.8 Å². The number of likely N-dealkylation sites (N-methyl/N-ethyl adjacent to an activating group) is 1. The summed E-state index contributed by atoms with van der Waals surface area (Å²) in [5.74, 6) is -1.74. The Morgan fingerprint density at radius 2 is 1.82 bits per heavy atom. The number of amides is 2. The number of rotatable bonds is 5. The lowest BCUT2D eigenvalue weighted by Gasteiger charge is -2.44. The number of piperazine rings is 1. The van der Waals surface area contributed by atoms with Crippen molar-refractivity contribution in [3.05, 3.63) is 63.3 Å². The summed E-state index contributed by atoms with van der Waals surface area (Å²) in [5, 5.41) is 2.55. The number of pyridine rings is 1. The Kier molecular flexibility index (Phi) is 8.51. The molecule has 2 fully saturated rings. The fraction of sp³-hybridized carbons (Fsp3) is 0.500. The number of carbonyl (C=O) groups excluding carboxylic acids is 2. The van der Waals surface area contributed by atoms with Crippen LogP contribution in [0.4, 0.5) is 33.7 Å². The number of hydrogen-bond donors (Lipinski definition) is 2. The van der Waals surface area contributed by atoms with Crippen molar-refractivity contribution in [2.75, 3.05) is 56.7 Å². The van der Waals surface area contributed by atoms with Crippen LogP contribution in [0.25, 0.3) is 5.57 Å². The molecule has 1 aromatic heterocycles. The van der Waals surface area contributed by atoms with Crippen molar-refractivity contribution in [3.8, 4) is 0 Å². The maximum Gasteiger partial charge on any atom is 0.417 e. The first kappa shape index (κ1) is 31.5. The van der Waals surface area contributed by atoms with Gasteiger partial charge in [-0.2, -0.15) is 13.2 Å². The van der Waals surface area contributed by atoms with Crippen LogP contribution in [0, 0.1) is 5.82 Å². The van der Waals surface area contributed by atoms with Gasteiger partial charge in [0.15, 0.2) is 5.60 Å². The summed E-state index contributed by atoms with van der Waals surface area (Å²) >= 11 is 0. The molecule has 44 heavy (non-hydrogen) atoms. The summed E-state index contributed by atoms with van der Waals surface area (Å²) in [5.41, 5.74) is -2.96. The van der Waals surface area contributed by atoms with Gasteiger partial charge in [-0.1, -0.05) is 6.08 Å². The number of ether oxygens (including phenoxy) is 2. The molecule has 2 atom stereocenters. The number of hydrogen-bond acceptors (Lipinski definition) is 7. The Bertz CT molecular complexity index is 1520. The quantitative estimate of drug-likeness (QED) is 0.479. The predicted molar refractivity (Wildman–Crippen MR) is 155 cm³/mol. The molecule has 2 amide bonds. The van der Waals surface area contributed by atoms with Crippen LogP contribution in [0.5, 0.6) is 0 Å². The van der Waals surface area contributed by atoms with Crippen LogP contribution < -0.4 is 15.8 Å². The van der Waals surface area contributed by atoms with E-state index in [-0.39, 0.29) is 43.1 Å². The van der Waals surface area contributed by atoms with E-state index in [0.29, 0.717) is 49.6 Å². The summed E-state index contributed by atoms with van der Waals surface area (Å²) in [7, 11) is 1.97. The highest BCUT2D eigenvalue weighted by Gasteiger charge is 2.40. The fourth-order valence-electron chi connectivity index (χ4n) is 5.67. The van der Waals surface area contributed by atoms with Crippen molar-refractivity contribution in [3.63, 3.8) is 0 Å². The van der Waals surface area contributed by atoms with E-state index in [1.165, 1.54) is 17.0 Å². The molecule has 0 spiro atoms. The number of aromatic amines is 1. The Morgan fingerprint density at radius 1 is 1.14 bits per heavy atom. The normalized spacial score (nSPS) is 22.2. The van der Waals surface area contributed by atoms with E-state index in [1.54, 1.807) is 13.0 Å². The zero-order chi connectivity index (χ0) is 32.0. The molecule has 0 radical (unpaired) electrons. The van der Waals surface area contributed by atoms with Crippen LogP contribution >= 0.6 is 0 Å². The highest BCUT2D eigenvalue weighted by atomic mass is 19.4. The minimum atomic E-state index is -4.96. The number of benzene rings is 1. The summed E-state index contributed by atoms with van der Waals surface area (Å²) in [4.78, 5) is 45.5. The van der Waals surface area contributed by atoms with Crippen molar-refractivity contribution in [2.24, 2.45) is 0 Å². The molecule has 2 aromatic rings.